The van der Waals surface area contributed by atoms with Crippen LogP contribution < -0.4 is 0 Å². The molecule has 2 heterocycles. The topological polar surface area (TPSA) is 41.9 Å². The van der Waals surface area contributed by atoms with Crippen LogP contribution in [0, 0.1) is 0 Å². The summed E-state index contributed by atoms with van der Waals surface area (Å²) in [6.45, 7) is 4.38. The highest BCUT2D eigenvalue weighted by molar-refractivity contribution is 7.09. The van der Waals surface area contributed by atoms with Crippen molar-refractivity contribution in [2.24, 2.45) is 0 Å². The lowest BCUT2D eigenvalue weighted by atomic mass is 9.92. The SMILES string of the molecule is O[C@H](COCc1cccs1)CN1CCOC2(CCCCCC2)C1. The fourth-order valence-electron chi connectivity index (χ4n) is 3.80. The van der Waals surface area contributed by atoms with E-state index in [1.165, 1.54) is 43.4 Å². The standard InChI is InChI=1S/C18H29NO3S/c20-16(13-21-14-17-6-5-11-23-17)12-19-9-10-22-18(15-19)7-3-1-2-4-8-18/h5-6,11,16,20H,1-4,7-10,12-15H2/t16-/m0/s1. The maximum Gasteiger partial charge on any atom is 0.0900 e. The van der Waals surface area contributed by atoms with Gasteiger partial charge in [0.1, 0.15) is 0 Å². The molecule has 4 nitrogen and oxygen atoms in total. The minimum absolute atomic E-state index is 0.0479. The first kappa shape index (κ1) is 17.4. The lowest BCUT2D eigenvalue weighted by molar-refractivity contribution is -0.124. The number of rotatable bonds is 6. The van der Waals surface area contributed by atoms with Crippen molar-refractivity contribution in [3.8, 4) is 0 Å². The Morgan fingerprint density at radius 1 is 1.30 bits per heavy atom. The molecule has 130 valence electrons. The van der Waals surface area contributed by atoms with Crippen LogP contribution >= 0.6 is 11.3 Å². The van der Waals surface area contributed by atoms with E-state index in [1.807, 2.05) is 6.07 Å². The minimum atomic E-state index is -0.420. The third kappa shape index (κ3) is 5.26. The first-order valence-corrected chi connectivity index (χ1v) is 9.78. The maximum atomic E-state index is 10.3. The van der Waals surface area contributed by atoms with Gasteiger partial charge >= 0.3 is 0 Å². The first-order valence-electron chi connectivity index (χ1n) is 8.90. The van der Waals surface area contributed by atoms with E-state index in [4.69, 9.17) is 9.47 Å². The Kier molecular flexibility index (Phi) is 6.48. The van der Waals surface area contributed by atoms with Crippen molar-refractivity contribution in [2.45, 2.75) is 56.8 Å². The van der Waals surface area contributed by atoms with Crippen LogP contribution in [-0.2, 0) is 16.1 Å². The molecule has 1 atom stereocenters. The zero-order chi connectivity index (χ0) is 16.0. The molecule has 2 aliphatic rings. The van der Waals surface area contributed by atoms with Crippen molar-refractivity contribution in [3.05, 3.63) is 22.4 Å². The average molecular weight is 340 g/mol. The van der Waals surface area contributed by atoms with Gasteiger partial charge in [0.2, 0.25) is 0 Å². The van der Waals surface area contributed by atoms with Crippen LogP contribution in [0.25, 0.3) is 0 Å². The number of aliphatic hydroxyl groups is 1. The lowest BCUT2D eigenvalue weighted by Gasteiger charge is -2.43. The molecule has 1 aliphatic carbocycles. The predicted molar refractivity (Wildman–Crippen MR) is 92.8 cm³/mol. The summed E-state index contributed by atoms with van der Waals surface area (Å²) in [5, 5.41) is 12.3. The molecular formula is C18H29NO3S. The van der Waals surface area contributed by atoms with Crippen molar-refractivity contribution in [2.75, 3.05) is 32.8 Å². The molecule has 0 aromatic carbocycles. The predicted octanol–water partition coefficient (Wildman–Crippen LogP) is 3.05. The van der Waals surface area contributed by atoms with Gasteiger partial charge in [0.15, 0.2) is 0 Å². The fraction of sp³-hybridized carbons (Fsp3) is 0.778. The molecule has 1 aliphatic heterocycles. The second-order valence-corrected chi connectivity index (χ2v) is 7.96. The molecule has 5 heteroatoms. The van der Waals surface area contributed by atoms with Gasteiger partial charge in [-0.3, -0.25) is 4.90 Å². The molecular weight excluding hydrogens is 310 g/mol. The van der Waals surface area contributed by atoms with E-state index >= 15 is 0 Å². The summed E-state index contributed by atoms with van der Waals surface area (Å²) in [5.41, 5.74) is 0.0479. The molecule has 3 rings (SSSR count). The minimum Gasteiger partial charge on any atom is -0.389 e. The van der Waals surface area contributed by atoms with E-state index in [0.29, 0.717) is 19.8 Å². The van der Waals surface area contributed by atoms with Crippen LogP contribution in [0.2, 0.25) is 0 Å². The highest BCUT2D eigenvalue weighted by atomic mass is 32.1. The molecule has 0 bridgehead atoms. The monoisotopic (exact) mass is 339 g/mol. The van der Waals surface area contributed by atoms with Crippen molar-refractivity contribution >= 4 is 11.3 Å². The molecule has 1 saturated carbocycles. The largest absolute Gasteiger partial charge is 0.389 e. The Balaban J connectivity index is 1.41. The molecule has 0 unspecified atom stereocenters. The van der Waals surface area contributed by atoms with Crippen molar-refractivity contribution in [1.82, 2.24) is 4.90 Å². The molecule has 1 N–H and O–H groups in total. The second kappa shape index (κ2) is 8.58. The van der Waals surface area contributed by atoms with E-state index in [2.05, 4.69) is 16.3 Å². The zero-order valence-electron chi connectivity index (χ0n) is 13.9. The fourth-order valence-corrected chi connectivity index (χ4v) is 4.44. The summed E-state index contributed by atoms with van der Waals surface area (Å²) in [7, 11) is 0. The normalized spacial score (nSPS) is 23.7. The average Bonchev–Trinajstić information content (AvgIpc) is 2.95. The first-order chi connectivity index (χ1) is 11.3. The van der Waals surface area contributed by atoms with Gasteiger partial charge < -0.3 is 14.6 Å². The van der Waals surface area contributed by atoms with Gasteiger partial charge in [-0.25, -0.2) is 0 Å². The summed E-state index contributed by atoms with van der Waals surface area (Å²) in [5.74, 6) is 0. The van der Waals surface area contributed by atoms with E-state index < -0.39 is 6.10 Å². The van der Waals surface area contributed by atoms with Gasteiger partial charge in [-0.05, 0) is 24.3 Å². The Morgan fingerprint density at radius 2 is 2.13 bits per heavy atom. The molecule has 1 spiro atoms. The molecule has 23 heavy (non-hydrogen) atoms. The summed E-state index contributed by atoms with van der Waals surface area (Å²) in [6.07, 6.45) is 7.16. The Hall–Kier alpha value is -0.460. The number of ether oxygens (including phenoxy) is 2. The highest BCUT2D eigenvalue weighted by Gasteiger charge is 2.37. The molecule has 1 aromatic rings. The van der Waals surface area contributed by atoms with Gasteiger partial charge in [0.25, 0.3) is 0 Å². The quantitative estimate of drug-likeness (QED) is 0.865. The number of hydrogen-bond donors (Lipinski definition) is 1. The Morgan fingerprint density at radius 3 is 2.87 bits per heavy atom. The molecule has 1 saturated heterocycles. The molecule has 2 fully saturated rings. The third-order valence-electron chi connectivity index (χ3n) is 4.95. The van der Waals surface area contributed by atoms with Crippen LogP contribution in [0.15, 0.2) is 17.5 Å². The molecule has 1 aromatic heterocycles. The number of thiophene rings is 1. The zero-order valence-corrected chi connectivity index (χ0v) is 14.7. The summed E-state index contributed by atoms with van der Waals surface area (Å²) < 4.78 is 11.8. The van der Waals surface area contributed by atoms with Crippen LogP contribution in [0.1, 0.15) is 43.4 Å². The van der Waals surface area contributed by atoms with Crippen molar-refractivity contribution < 1.29 is 14.6 Å². The summed E-state index contributed by atoms with van der Waals surface area (Å²) >= 11 is 1.69. The molecule has 0 amide bonds. The van der Waals surface area contributed by atoms with E-state index in [-0.39, 0.29) is 5.60 Å². The number of aliphatic hydroxyl groups excluding tert-OH is 1. The lowest BCUT2D eigenvalue weighted by Crippen LogP contribution is -2.53. The number of hydrogen-bond acceptors (Lipinski definition) is 5. The summed E-state index contributed by atoms with van der Waals surface area (Å²) in [6, 6.07) is 4.09. The van der Waals surface area contributed by atoms with E-state index in [1.54, 1.807) is 11.3 Å². The second-order valence-electron chi connectivity index (χ2n) is 6.93. The Labute approximate surface area is 143 Å². The maximum absolute atomic E-state index is 10.3. The van der Waals surface area contributed by atoms with Gasteiger partial charge in [-0.1, -0.05) is 31.7 Å². The van der Waals surface area contributed by atoms with Gasteiger partial charge in [-0.15, -0.1) is 11.3 Å². The smallest absolute Gasteiger partial charge is 0.0900 e. The van der Waals surface area contributed by atoms with E-state index in [9.17, 15) is 5.11 Å². The number of nitrogens with zero attached hydrogens (tertiary/aromatic N) is 1. The van der Waals surface area contributed by atoms with Crippen LogP contribution in [-0.4, -0.2) is 54.6 Å². The van der Waals surface area contributed by atoms with E-state index in [0.717, 1.165) is 19.7 Å². The van der Waals surface area contributed by atoms with Gasteiger partial charge in [-0.2, -0.15) is 0 Å². The number of β-amino-alcohol motifs (C(OH)–C–C–N with tert-alkyl or cyclic N) is 1. The highest BCUT2D eigenvalue weighted by Crippen LogP contribution is 2.33. The van der Waals surface area contributed by atoms with Crippen LogP contribution in [0.5, 0.6) is 0 Å². The van der Waals surface area contributed by atoms with Crippen LogP contribution in [0.3, 0.4) is 0 Å². The van der Waals surface area contributed by atoms with Crippen molar-refractivity contribution in [3.63, 3.8) is 0 Å². The third-order valence-corrected chi connectivity index (χ3v) is 5.80. The summed E-state index contributed by atoms with van der Waals surface area (Å²) in [4.78, 5) is 3.58. The van der Waals surface area contributed by atoms with Gasteiger partial charge in [0, 0.05) is 24.5 Å². The number of morpholine rings is 1. The Bertz CT molecular complexity index is 443. The van der Waals surface area contributed by atoms with Crippen molar-refractivity contribution in [1.29, 1.82) is 0 Å². The molecule has 0 radical (unpaired) electrons. The van der Waals surface area contributed by atoms with Crippen LogP contribution in [0.4, 0.5) is 0 Å². The van der Waals surface area contributed by atoms with Gasteiger partial charge in [0.05, 0.1) is 31.5 Å².